The number of rotatable bonds is 5. The molecule has 3 aromatic carbocycles. The van der Waals surface area contributed by atoms with E-state index in [0.717, 1.165) is 11.4 Å². The number of nitrogens with one attached hydrogen (secondary N) is 1. The molecule has 4 nitrogen and oxygen atoms in total. The van der Waals surface area contributed by atoms with Crippen LogP contribution in [0, 0.1) is 0 Å². The molecule has 0 aliphatic carbocycles. The van der Waals surface area contributed by atoms with Gasteiger partial charge in [0.15, 0.2) is 0 Å². The molecule has 0 bridgehead atoms. The molecule has 3 aromatic rings. The summed E-state index contributed by atoms with van der Waals surface area (Å²) in [5, 5.41) is 2.59. The van der Waals surface area contributed by atoms with Crippen molar-refractivity contribution < 1.29 is 9.59 Å². The summed E-state index contributed by atoms with van der Waals surface area (Å²) in [6, 6.07) is 25.7. The van der Waals surface area contributed by atoms with Crippen molar-refractivity contribution >= 4 is 29.4 Å². The first-order valence-corrected chi connectivity index (χ1v) is 7.54. The Morgan fingerprint density at radius 1 is 0.750 bits per heavy atom. The van der Waals surface area contributed by atoms with Crippen molar-refractivity contribution in [3.05, 3.63) is 90.5 Å². The average Bonchev–Trinajstić information content (AvgIpc) is 2.65. The lowest BCUT2D eigenvalue weighted by molar-refractivity contribution is -0.105. The summed E-state index contributed by atoms with van der Waals surface area (Å²) in [7, 11) is 0. The van der Waals surface area contributed by atoms with Gasteiger partial charge in [-0.3, -0.25) is 14.5 Å². The summed E-state index contributed by atoms with van der Waals surface area (Å²) in [5.74, 6) is -0.113. The Kier molecular flexibility index (Phi) is 4.68. The minimum Gasteiger partial charge on any atom is -0.329 e. The van der Waals surface area contributed by atoms with Crippen molar-refractivity contribution in [2.45, 2.75) is 0 Å². The molecule has 1 N–H and O–H groups in total. The van der Waals surface area contributed by atoms with Gasteiger partial charge in [-0.2, -0.15) is 0 Å². The second-order valence-electron chi connectivity index (χ2n) is 5.15. The van der Waals surface area contributed by atoms with E-state index in [2.05, 4.69) is 5.32 Å². The Balaban J connectivity index is 2.02. The maximum absolute atomic E-state index is 13.0. The van der Waals surface area contributed by atoms with Gasteiger partial charge in [-0.15, -0.1) is 0 Å². The van der Waals surface area contributed by atoms with E-state index in [1.54, 1.807) is 41.3 Å². The minimum absolute atomic E-state index is 0.113. The van der Waals surface area contributed by atoms with Gasteiger partial charge in [-0.1, -0.05) is 36.4 Å². The number of hydrogen-bond acceptors (Lipinski definition) is 2. The van der Waals surface area contributed by atoms with Crippen LogP contribution in [-0.2, 0) is 4.79 Å². The molecule has 0 spiro atoms. The van der Waals surface area contributed by atoms with Crippen LogP contribution in [0.25, 0.3) is 0 Å². The van der Waals surface area contributed by atoms with Gasteiger partial charge in [0, 0.05) is 22.6 Å². The van der Waals surface area contributed by atoms with Crippen molar-refractivity contribution in [2.24, 2.45) is 0 Å². The van der Waals surface area contributed by atoms with Crippen LogP contribution in [0.3, 0.4) is 0 Å². The molecule has 0 radical (unpaired) electrons. The third-order valence-corrected chi connectivity index (χ3v) is 3.59. The number of hydrogen-bond donors (Lipinski definition) is 1. The van der Waals surface area contributed by atoms with E-state index in [1.165, 1.54) is 0 Å². The van der Waals surface area contributed by atoms with E-state index in [4.69, 9.17) is 0 Å². The Labute approximate surface area is 140 Å². The molecule has 0 unspecified atom stereocenters. The molecule has 4 heteroatoms. The molecule has 0 aliphatic rings. The second-order valence-corrected chi connectivity index (χ2v) is 5.15. The molecule has 0 heterocycles. The van der Waals surface area contributed by atoms with Crippen LogP contribution >= 0.6 is 0 Å². The maximum Gasteiger partial charge on any atom is 0.262 e. The van der Waals surface area contributed by atoms with Crippen molar-refractivity contribution in [2.75, 3.05) is 10.2 Å². The van der Waals surface area contributed by atoms with E-state index in [1.807, 2.05) is 48.5 Å². The van der Waals surface area contributed by atoms with Crippen LogP contribution in [0.2, 0.25) is 0 Å². The average molecular weight is 316 g/mol. The van der Waals surface area contributed by atoms with E-state index >= 15 is 0 Å². The number of para-hydroxylation sites is 1. The highest BCUT2D eigenvalue weighted by molar-refractivity contribution is 6.10. The topological polar surface area (TPSA) is 49.4 Å². The molecule has 24 heavy (non-hydrogen) atoms. The van der Waals surface area contributed by atoms with E-state index in [-0.39, 0.29) is 5.91 Å². The van der Waals surface area contributed by atoms with E-state index in [0.29, 0.717) is 17.7 Å². The Hall–Kier alpha value is -3.40. The highest BCUT2D eigenvalue weighted by Crippen LogP contribution is 2.28. The van der Waals surface area contributed by atoms with Crippen LogP contribution in [0.1, 0.15) is 10.4 Å². The van der Waals surface area contributed by atoms with Crippen LogP contribution in [0.15, 0.2) is 84.9 Å². The summed E-state index contributed by atoms with van der Waals surface area (Å²) in [6.45, 7) is 0. The van der Waals surface area contributed by atoms with Gasteiger partial charge < -0.3 is 5.32 Å². The highest BCUT2D eigenvalue weighted by Gasteiger charge is 2.19. The van der Waals surface area contributed by atoms with Crippen molar-refractivity contribution in [3.8, 4) is 0 Å². The molecular weight excluding hydrogens is 300 g/mol. The van der Waals surface area contributed by atoms with Gasteiger partial charge in [0.2, 0.25) is 6.41 Å². The van der Waals surface area contributed by atoms with Crippen molar-refractivity contribution in [1.29, 1.82) is 0 Å². The number of carbonyl (C=O) groups is 2. The number of anilines is 3. The number of carbonyl (C=O) groups excluding carboxylic acids is 2. The summed E-state index contributed by atoms with van der Waals surface area (Å²) in [5.41, 5.74) is 2.79. The van der Waals surface area contributed by atoms with Crippen LogP contribution < -0.4 is 10.2 Å². The Bertz CT molecular complexity index is 815. The van der Waals surface area contributed by atoms with E-state index in [9.17, 15) is 9.59 Å². The normalized spacial score (nSPS) is 10.0. The van der Waals surface area contributed by atoms with Gasteiger partial charge in [0.05, 0.1) is 0 Å². The standard InChI is InChI=1S/C20H16N2O2/c23-15-21-17-11-13-19(14-12-17)22(18-9-5-2-6-10-18)20(24)16-7-3-1-4-8-16/h1-15H,(H,21,23). The first kappa shape index (κ1) is 15.5. The fraction of sp³-hybridized carbons (Fsp3) is 0. The fourth-order valence-corrected chi connectivity index (χ4v) is 2.45. The smallest absolute Gasteiger partial charge is 0.262 e. The van der Waals surface area contributed by atoms with Gasteiger partial charge >= 0.3 is 0 Å². The quantitative estimate of drug-likeness (QED) is 0.716. The van der Waals surface area contributed by atoms with Crippen molar-refractivity contribution in [1.82, 2.24) is 0 Å². The zero-order valence-electron chi connectivity index (χ0n) is 12.9. The molecular formula is C20H16N2O2. The molecule has 2 amide bonds. The third-order valence-electron chi connectivity index (χ3n) is 3.59. The molecule has 0 saturated heterocycles. The zero-order valence-corrected chi connectivity index (χ0v) is 12.9. The number of amides is 2. The molecule has 118 valence electrons. The van der Waals surface area contributed by atoms with E-state index < -0.39 is 0 Å². The van der Waals surface area contributed by atoms with Crippen LogP contribution in [0.5, 0.6) is 0 Å². The molecule has 0 fully saturated rings. The molecule has 0 aromatic heterocycles. The summed E-state index contributed by atoms with van der Waals surface area (Å²) in [4.78, 5) is 25.2. The summed E-state index contributed by atoms with van der Waals surface area (Å²) in [6.07, 6.45) is 0.624. The van der Waals surface area contributed by atoms with Gasteiger partial charge in [0.1, 0.15) is 0 Å². The number of benzene rings is 3. The first-order chi connectivity index (χ1) is 11.8. The lowest BCUT2D eigenvalue weighted by Gasteiger charge is -2.23. The van der Waals surface area contributed by atoms with Gasteiger partial charge in [-0.25, -0.2) is 0 Å². The van der Waals surface area contributed by atoms with Gasteiger partial charge in [0.25, 0.3) is 5.91 Å². The van der Waals surface area contributed by atoms with Crippen LogP contribution in [-0.4, -0.2) is 12.3 Å². The molecule has 0 atom stereocenters. The first-order valence-electron chi connectivity index (χ1n) is 7.54. The largest absolute Gasteiger partial charge is 0.329 e. The fourth-order valence-electron chi connectivity index (χ4n) is 2.45. The Morgan fingerprint density at radius 3 is 1.88 bits per heavy atom. The highest BCUT2D eigenvalue weighted by atomic mass is 16.2. The number of nitrogens with zero attached hydrogens (tertiary/aromatic N) is 1. The monoisotopic (exact) mass is 316 g/mol. The zero-order chi connectivity index (χ0) is 16.8. The van der Waals surface area contributed by atoms with Crippen LogP contribution in [0.4, 0.5) is 17.1 Å². The third kappa shape index (κ3) is 3.33. The molecule has 0 aliphatic heterocycles. The second kappa shape index (κ2) is 7.24. The summed E-state index contributed by atoms with van der Waals surface area (Å²) < 4.78 is 0. The SMILES string of the molecule is O=CNc1ccc(N(C(=O)c2ccccc2)c2ccccc2)cc1. The lowest BCUT2D eigenvalue weighted by Crippen LogP contribution is -2.25. The molecule has 3 rings (SSSR count). The van der Waals surface area contributed by atoms with Crippen molar-refractivity contribution in [3.63, 3.8) is 0 Å². The summed E-state index contributed by atoms with van der Waals surface area (Å²) >= 11 is 0. The maximum atomic E-state index is 13.0. The minimum atomic E-state index is -0.113. The molecule has 0 saturated carbocycles. The van der Waals surface area contributed by atoms with Gasteiger partial charge in [-0.05, 0) is 48.5 Å². The predicted molar refractivity (Wildman–Crippen MR) is 95.5 cm³/mol. The predicted octanol–water partition coefficient (Wildman–Crippen LogP) is 4.23. The Morgan fingerprint density at radius 2 is 1.29 bits per heavy atom. The lowest BCUT2D eigenvalue weighted by atomic mass is 10.1.